The van der Waals surface area contributed by atoms with E-state index in [0.29, 0.717) is 0 Å². The Balaban J connectivity index is 2.99. The second kappa shape index (κ2) is 6.01. The summed E-state index contributed by atoms with van der Waals surface area (Å²) in [6, 6.07) is 2.86. The van der Waals surface area contributed by atoms with Crippen molar-refractivity contribution >= 4 is 15.9 Å². The van der Waals surface area contributed by atoms with Gasteiger partial charge in [0.2, 0.25) is 0 Å². The van der Waals surface area contributed by atoms with Crippen molar-refractivity contribution < 1.29 is 23.4 Å². The molecular weight excluding hydrogens is 315 g/mol. The molecule has 0 saturated carbocycles. The first kappa shape index (κ1) is 15.4. The van der Waals surface area contributed by atoms with E-state index in [1.54, 1.807) is 0 Å². The summed E-state index contributed by atoms with van der Waals surface area (Å²) in [5, 5.41) is 19.3. The minimum Gasteiger partial charge on any atom is -0.390 e. The molecule has 0 spiro atoms. The topological polar surface area (TPSA) is 66.5 Å². The quantitative estimate of drug-likeness (QED) is 0.794. The van der Waals surface area contributed by atoms with Crippen LogP contribution in [-0.2, 0) is 6.18 Å². The van der Waals surface area contributed by atoms with Gasteiger partial charge in [0.05, 0.1) is 11.7 Å². The number of aliphatic hydroxyl groups is 2. The lowest BCUT2D eigenvalue weighted by atomic mass is 10.0. The van der Waals surface area contributed by atoms with Gasteiger partial charge in [-0.15, -0.1) is 0 Å². The summed E-state index contributed by atoms with van der Waals surface area (Å²) >= 11 is 2.96. The van der Waals surface area contributed by atoms with Gasteiger partial charge in [0, 0.05) is 4.47 Å². The van der Waals surface area contributed by atoms with Crippen LogP contribution in [0.5, 0.6) is 0 Å². The van der Waals surface area contributed by atoms with Gasteiger partial charge < -0.3 is 15.9 Å². The summed E-state index contributed by atoms with van der Waals surface area (Å²) in [5.41, 5.74) is 4.61. The van der Waals surface area contributed by atoms with Gasteiger partial charge in [0.25, 0.3) is 0 Å². The molecule has 4 N–H and O–H groups in total. The largest absolute Gasteiger partial charge is 0.416 e. The predicted molar refractivity (Wildman–Crippen MR) is 63.8 cm³/mol. The number of aliphatic hydroxyl groups excluding tert-OH is 2. The van der Waals surface area contributed by atoms with Crippen LogP contribution in [0, 0.1) is 0 Å². The number of benzene rings is 1. The summed E-state index contributed by atoms with van der Waals surface area (Å²) in [6.07, 6.45) is -6.66. The number of halogens is 4. The van der Waals surface area contributed by atoms with E-state index < -0.39 is 23.9 Å². The third kappa shape index (κ3) is 3.68. The molecule has 0 aliphatic carbocycles. The Kier molecular flexibility index (Phi) is 5.15. The molecule has 2 unspecified atom stereocenters. The fourth-order valence-electron chi connectivity index (χ4n) is 1.48. The zero-order valence-electron chi connectivity index (χ0n) is 9.28. The summed E-state index contributed by atoms with van der Waals surface area (Å²) in [5.74, 6) is 0. The van der Waals surface area contributed by atoms with Crippen LogP contribution in [0.3, 0.4) is 0 Å². The lowest BCUT2D eigenvalue weighted by Gasteiger charge is -2.19. The molecule has 102 valence electrons. The molecule has 0 fully saturated rings. The molecule has 0 saturated heterocycles. The fraction of sp³-hybridized carbons (Fsp3) is 0.455. The molecule has 0 radical (unpaired) electrons. The first-order valence-electron chi connectivity index (χ1n) is 5.20. The Bertz CT molecular complexity index is 412. The van der Waals surface area contributed by atoms with Gasteiger partial charge in [-0.05, 0) is 30.7 Å². The van der Waals surface area contributed by atoms with Crippen molar-refractivity contribution in [1.82, 2.24) is 0 Å². The van der Waals surface area contributed by atoms with Crippen LogP contribution in [0.2, 0.25) is 0 Å². The Hall–Kier alpha value is -0.630. The minimum absolute atomic E-state index is 0.0981. The average molecular weight is 328 g/mol. The Morgan fingerprint density at radius 1 is 1.28 bits per heavy atom. The zero-order valence-corrected chi connectivity index (χ0v) is 10.9. The highest BCUT2D eigenvalue weighted by molar-refractivity contribution is 9.10. The van der Waals surface area contributed by atoms with Crippen molar-refractivity contribution in [3.05, 3.63) is 33.8 Å². The molecule has 18 heavy (non-hydrogen) atoms. The van der Waals surface area contributed by atoms with Crippen LogP contribution >= 0.6 is 15.9 Å². The molecule has 7 heteroatoms. The third-order valence-corrected chi connectivity index (χ3v) is 3.16. The molecule has 0 aromatic heterocycles. The highest BCUT2D eigenvalue weighted by Crippen LogP contribution is 2.34. The van der Waals surface area contributed by atoms with E-state index in [1.807, 2.05) is 0 Å². The van der Waals surface area contributed by atoms with Crippen molar-refractivity contribution in [3.63, 3.8) is 0 Å². The molecule has 3 nitrogen and oxygen atoms in total. The molecule has 0 amide bonds. The Labute approximate surface area is 111 Å². The molecular formula is C11H13BrF3NO2. The van der Waals surface area contributed by atoms with Crippen LogP contribution in [0.15, 0.2) is 22.7 Å². The molecule has 0 bridgehead atoms. The first-order valence-corrected chi connectivity index (χ1v) is 5.99. The molecule has 0 aliphatic heterocycles. The normalized spacial score (nSPS) is 15.5. The lowest BCUT2D eigenvalue weighted by molar-refractivity contribution is -0.137. The number of nitrogens with two attached hydrogens (primary N) is 1. The van der Waals surface area contributed by atoms with E-state index in [4.69, 9.17) is 5.73 Å². The van der Waals surface area contributed by atoms with Crippen LogP contribution in [0.4, 0.5) is 13.2 Å². The first-order chi connectivity index (χ1) is 8.27. The summed E-state index contributed by atoms with van der Waals surface area (Å²) in [4.78, 5) is 0. The van der Waals surface area contributed by atoms with Crippen molar-refractivity contribution in [1.29, 1.82) is 0 Å². The van der Waals surface area contributed by atoms with Gasteiger partial charge in [-0.1, -0.05) is 22.0 Å². The van der Waals surface area contributed by atoms with Gasteiger partial charge in [-0.2, -0.15) is 13.2 Å². The maximum absolute atomic E-state index is 12.4. The van der Waals surface area contributed by atoms with Crippen molar-refractivity contribution in [3.8, 4) is 0 Å². The van der Waals surface area contributed by atoms with Crippen molar-refractivity contribution in [2.75, 3.05) is 6.54 Å². The number of alkyl halides is 3. The fourth-order valence-corrected chi connectivity index (χ4v) is 2.09. The highest BCUT2D eigenvalue weighted by atomic mass is 79.9. The predicted octanol–water partition coefficient (Wildman–Crippen LogP) is 2.21. The molecule has 1 aromatic rings. The lowest BCUT2D eigenvalue weighted by Crippen LogP contribution is -2.22. The molecule has 0 aliphatic rings. The van der Waals surface area contributed by atoms with E-state index in [1.165, 1.54) is 0 Å². The Morgan fingerprint density at radius 3 is 2.33 bits per heavy atom. The molecule has 1 rings (SSSR count). The monoisotopic (exact) mass is 327 g/mol. The van der Waals surface area contributed by atoms with Crippen molar-refractivity contribution in [2.24, 2.45) is 5.73 Å². The third-order valence-electron chi connectivity index (χ3n) is 2.47. The SMILES string of the molecule is NCCC(O)C(O)c1ccc(C(F)(F)F)cc1Br. The van der Waals surface area contributed by atoms with E-state index in [2.05, 4.69) is 15.9 Å². The second-order valence-corrected chi connectivity index (χ2v) is 4.68. The number of rotatable bonds is 4. The van der Waals surface area contributed by atoms with Crippen LogP contribution in [0.1, 0.15) is 23.7 Å². The smallest absolute Gasteiger partial charge is 0.390 e. The maximum atomic E-state index is 12.4. The summed E-state index contributed by atoms with van der Waals surface area (Å²) in [6.45, 7) is 0.177. The van der Waals surface area contributed by atoms with E-state index >= 15 is 0 Å². The molecule has 0 heterocycles. The van der Waals surface area contributed by atoms with Gasteiger partial charge in [-0.3, -0.25) is 0 Å². The highest BCUT2D eigenvalue weighted by Gasteiger charge is 2.31. The van der Waals surface area contributed by atoms with Crippen LogP contribution in [0.25, 0.3) is 0 Å². The minimum atomic E-state index is -4.44. The zero-order chi connectivity index (χ0) is 13.9. The van der Waals surface area contributed by atoms with E-state index in [-0.39, 0.29) is 23.0 Å². The Morgan fingerprint density at radius 2 is 1.89 bits per heavy atom. The van der Waals surface area contributed by atoms with Crippen LogP contribution in [-0.4, -0.2) is 22.9 Å². The van der Waals surface area contributed by atoms with Gasteiger partial charge in [-0.25, -0.2) is 0 Å². The molecule has 2 atom stereocenters. The molecule has 1 aromatic carbocycles. The second-order valence-electron chi connectivity index (χ2n) is 3.82. The van der Waals surface area contributed by atoms with Crippen LogP contribution < -0.4 is 5.73 Å². The van der Waals surface area contributed by atoms with E-state index in [0.717, 1.165) is 18.2 Å². The van der Waals surface area contributed by atoms with Gasteiger partial charge >= 0.3 is 6.18 Å². The van der Waals surface area contributed by atoms with E-state index in [9.17, 15) is 23.4 Å². The van der Waals surface area contributed by atoms with Crippen molar-refractivity contribution in [2.45, 2.75) is 24.8 Å². The number of hydrogen-bond acceptors (Lipinski definition) is 3. The summed E-state index contributed by atoms with van der Waals surface area (Å²) in [7, 11) is 0. The standard InChI is InChI=1S/C11H13BrF3NO2/c12-8-5-6(11(13,14)15)1-2-7(8)10(18)9(17)3-4-16/h1-2,5,9-10,17-18H,3-4,16H2. The maximum Gasteiger partial charge on any atom is 0.416 e. The van der Waals surface area contributed by atoms with Gasteiger partial charge in [0.15, 0.2) is 0 Å². The summed E-state index contributed by atoms with van der Waals surface area (Å²) < 4.78 is 37.4. The number of hydrogen-bond donors (Lipinski definition) is 3. The average Bonchev–Trinajstić information content (AvgIpc) is 2.27. The van der Waals surface area contributed by atoms with Gasteiger partial charge in [0.1, 0.15) is 6.10 Å².